The van der Waals surface area contributed by atoms with Gasteiger partial charge in [-0.05, 0) is 37.2 Å². The maximum Gasteiger partial charge on any atom is 0.287 e. The van der Waals surface area contributed by atoms with Crippen molar-refractivity contribution >= 4 is 18.4 Å². The van der Waals surface area contributed by atoms with Crippen LogP contribution in [0, 0.1) is 6.92 Å². The molecule has 1 rings (SSSR count). The lowest BCUT2D eigenvalue weighted by atomic mass is 10.2. The van der Waals surface area contributed by atoms with E-state index in [2.05, 4.69) is 19.7 Å². The Morgan fingerprint density at radius 1 is 1.00 bits per heavy atom. The van der Waals surface area contributed by atoms with Crippen LogP contribution in [0.25, 0.3) is 0 Å². The summed E-state index contributed by atoms with van der Waals surface area (Å²) in [6.45, 7) is 13.1. The van der Waals surface area contributed by atoms with Crippen molar-refractivity contribution in [3.8, 4) is 0 Å². The molecule has 1 aromatic rings. The molecule has 3 nitrogen and oxygen atoms in total. The van der Waals surface area contributed by atoms with Crippen LogP contribution in [0.5, 0.6) is 0 Å². The van der Waals surface area contributed by atoms with Crippen LogP contribution in [0.1, 0.15) is 5.56 Å². The minimum atomic E-state index is -3.78. The SMILES string of the molecule is C=CC[Si](CC=C)(CC=C)OS(=O)(=O)c1ccc(C)cc1. The number of aryl methyl sites for hydroxylation is 1. The van der Waals surface area contributed by atoms with E-state index in [0.717, 1.165) is 5.56 Å². The zero-order valence-electron chi connectivity index (χ0n) is 12.4. The van der Waals surface area contributed by atoms with Gasteiger partial charge in [-0.15, -0.1) is 19.7 Å². The summed E-state index contributed by atoms with van der Waals surface area (Å²) in [6, 6.07) is 8.27. The number of hydrogen-bond donors (Lipinski definition) is 0. The summed E-state index contributed by atoms with van der Waals surface area (Å²) in [4.78, 5) is 0.183. The fourth-order valence-corrected chi connectivity index (χ4v) is 7.74. The lowest BCUT2D eigenvalue weighted by Crippen LogP contribution is -2.38. The van der Waals surface area contributed by atoms with Crippen molar-refractivity contribution < 1.29 is 12.3 Å². The molecule has 0 aliphatic carbocycles. The second-order valence-corrected chi connectivity index (χ2v) is 10.6. The van der Waals surface area contributed by atoms with Crippen molar-refractivity contribution in [3.63, 3.8) is 0 Å². The Kier molecular flexibility index (Phi) is 6.33. The summed E-state index contributed by atoms with van der Waals surface area (Å²) in [5.74, 6) is 0. The highest BCUT2D eigenvalue weighted by molar-refractivity contribution is 7.87. The Morgan fingerprint density at radius 2 is 1.43 bits per heavy atom. The number of rotatable bonds is 9. The van der Waals surface area contributed by atoms with Crippen LogP contribution >= 0.6 is 0 Å². The van der Waals surface area contributed by atoms with Gasteiger partial charge in [-0.25, -0.2) is 0 Å². The first-order valence-corrected chi connectivity index (χ1v) is 10.7. The van der Waals surface area contributed by atoms with E-state index in [4.69, 9.17) is 3.87 Å². The fourth-order valence-electron chi connectivity index (χ4n) is 2.13. The summed E-state index contributed by atoms with van der Waals surface area (Å²) in [6.07, 6.45) is 5.14. The second kappa shape index (κ2) is 7.54. The predicted octanol–water partition coefficient (Wildman–Crippen LogP) is 4.20. The van der Waals surface area contributed by atoms with Crippen LogP contribution in [-0.2, 0) is 14.0 Å². The quantitative estimate of drug-likeness (QED) is 0.505. The monoisotopic (exact) mass is 322 g/mol. The summed E-state index contributed by atoms with van der Waals surface area (Å²) < 4.78 is 30.7. The molecule has 0 saturated carbocycles. The first-order chi connectivity index (χ1) is 9.89. The van der Waals surface area contributed by atoms with E-state index in [9.17, 15) is 8.42 Å². The third kappa shape index (κ3) is 4.80. The van der Waals surface area contributed by atoms with Crippen molar-refractivity contribution in [2.75, 3.05) is 0 Å². The van der Waals surface area contributed by atoms with Crippen molar-refractivity contribution in [2.24, 2.45) is 0 Å². The Hall–Kier alpha value is -1.43. The van der Waals surface area contributed by atoms with Crippen LogP contribution in [-0.4, -0.2) is 16.7 Å². The highest BCUT2D eigenvalue weighted by atomic mass is 32.2. The van der Waals surface area contributed by atoms with Crippen LogP contribution in [0.4, 0.5) is 0 Å². The van der Waals surface area contributed by atoms with Crippen molar-refractivity contribution in [2.45, 2.75) is 30.0 Å². The molecule has 0 aliphatic rings. The lowest BCUT2D eigenvalue weighted by Gasteiger charge is -2.27. The summed E-state index contributed by atoms with van der Waals surface area (Å²) in [7, 11) is -6.35. The van der Waals surface area contributed by atoms with Gasteiger partial charge >= 0.3 is 0 Å². The first kappa shape index (κ1) is 17.6. The van der Waals surface area contributed by atoms with Gasteiger partial charge in [0.05, 0.1) is 4.90 Å². The van der Waals surface area contributed by atoms with E-state index < -0.39 is 18.4 Å². The molecule has 0 bridgehead atoms. The number of benzene rings is 1. The van der Waals surface area contributed by atoms with Gasteiger partial charge in [0.25, 0.3) is 10.1 Å². The van der Waals surface area contributed by atoms with Gasteiger partial charge in [-0.3, -0.25) is 0 Å². The summed E-state index contributed by atoms with van der Waals surface area (Å²) in [5.41, 5.74) is 1.00. The molecule has 0 fully saturated rings. The molecule has 0 aliphatic heterocycles. The molecule has 0 unspecified atom stereocenters. The molecule has 0 heterocycles. The van der Waals surface area contributed by atoms with Gasteiger partial charge in [-0.1, -0.05) is 35.9 Å². The van der Waals surface area contributed by atoms with Gasteiger partial charge in [0.15, 0.2) is 0 Å². The Labute approximate surface area is 128 Å². The molecule has 114 valence electrons. The molecule has 0 aromatic heterocycles. The smallest absolute Gasteiger partial charge is 0.287 e. The lowest BCUT2D eigenvalue weighted by molar-refractivity contribution is 0.479. The Bertz CT molecular complexity index is 576. The minimum Gasteiger partial charge on any atom is -0.310 e. The van der Waals surface area contributed by atoms with E-state index in [1.165, 1.54) is 0 Å². The van der Waals surface area contributed by atoms with E-state index in [1.807, 2.05) is 6.92 Å². The molecule has 0 N–H and O–H groups in total. The summed E-state index contributed by atoms with van der Waals surface area (Å²) in [5, 5.41) is 0. The molecule has 0 saturated heterocycles. The zero-order valence-corrected chi connectivity index (χ0v) is 14.2. The maximum absolute atomic E-state index is 12.5. The van der Waals surface area contributed by atoms with Gasteiger partial charge in [-0.2, -0.15) is 8.42 Å². The highest BCUT2D eigenvalue weighted by Gasteiger charge is 2.37. The highest BCUT2D eigenvalue weighted by Crippen LogP contribution is 2.29. The van der Waals surface area contributed by atoms with Gasteiger partial charge < -0.3 is 3.87 Å². The Balaban J connectivity index is 3.15. The molecule has 0 atom stereocenters. The fraction of sp³-hybridized carbons (Fsp3) is 0.250. The van der Waals surface area contributed by atoms with E-state index in [0.29, 0.717) is 18.1 Å². The zero-order chi connectivity index (χ0) is 15.9. The molecular formula is C16H22O3SSi. The third-order valence-corrected chi connectivity index (χ3v) is 9.38. The van der Waals surface area contributed by atoms with Crippen molar-refractivity contribution in [1.82, 2.24) is 0 Å². The molecule has 1 aromatic carbocycles. The summed E-state index contributed by atoms with van der Waals surface area (Å²) >= 11 is 0. The van der Waals surface area contributed by atoms with Crippen LogP contribution in [0.2, 0.25) is 18.1 Å². The average molecular weight is 323 g/mol. The molecule has 5 heteroatoms. The van der Waals surface area contributed by atoms with Gasteiger partial charge in [0.2, 0.25) is 8.32 Å². The number of allylic oxidation sites excluding steroid dienone is 3. The van der Waals surface area contributed by atoms with E-state index >= 15 is 0 Å². The van der Waals surface area contributed by atoms with Gasteiger partial charge in [0.1, 0.15) is 0 Å². The number of hydrogen-bond acceptors (Lipinski definition) is 3. The Morgan fingerprint density at radius 3 is 1.81 bits per heavy atom. The van der Waals surface area contributed by atoms with Gasteiger partial charge in [0, 0.05) is 0 Å². The van der Waals surface area contributed by atoms with Crippen LogP contribution < -0.4 is 0 Å². The van der Waals surface area contributed by atoms with Crippen molar-refractivity contribution in [1.29, 1.82) is 0 Å². The normalized spacial score (nSPS) is 11.9. The third-order valence-electron chi connectivity index (χ3n) is 3.15. The molecule has 21 heavy (non-hydrogen) atoms. The minimum absolute atomic E-state index is 0.183. The molecule has 0 amide bonds. The average Bonchev–Trinajstić information content (AvgIpc) is 2.39. The first-order valence-electron chi connectivity index (χ1n) is 6.74. The molecule has 0 radical (unpaired) electrons. The standard InChI is InChI=1S/C16H22O3SSi/c1-5-12-21(13-6-2,14-7-3)19-20(17,18)16-10-8-15(4)9-11-16/h5-11H,1-3,12-14H2,4H3. The second-order valence-electron chi connectivity index (χ2n) is 5.01. The van der Waals surface area contributed by atoms with E-state index in [1.54, 1.807) is 42.5 Å². The van der Waals surface area contributed by atoms with E-state index in [-0.39, 0.29) is 4.90 Å². The maximum atomic E-state index is 12.5. The van der Waals surface area contributed by atoms with Crippen LogP contribution in [0.3, 0.4) is 0 Å². The van der Waals surface area contributed by atoms with Crippen molar-refractivity contribution in [3.05, 3.63) is 67.8 Å². The predicted molar refractivity (Wildman–Crippen MR) is 90.2 cm³/mol. The topological polar surface area (TPSA) is 43.4 Å². The van der Waals surface area contributed by atoms with Crippen LogP contribution in [0.15, 0.2) is 67.1 Å². The molecular weight excluding hydrogens is 300 g/mol. The molecule has 0 spiro atoms. The largest absolute Gasteiger partial charge is 0.310 e.